The lowest BCUT2D eigenvalue weighted by Gasteiger charge is -2.19. The molecule has 0 aliphatic heterocycles. The summed E-state index contributed by atoms with van der Waals surface area (Å²) in [6.07, 6.45) is 0. The van der Waals surface area contributed by atoms with Crippen molar-refractivity contribution in [3.8, 4) is 17.1 Å². The molecular formula is C22H26N4OS. The Balaban J connectivity index is 2.09. The number of carbonyl (C=O) groups is 1. The maximum absolute atomic E-state index is 11.5. The summed E-state index contributed by atoms with van der Waals surface area (Å²) in [5.74, 6) is 0.364. The van der Waals surface area contributed by atoms with Crippen LogP contribution in [0.5, 0.6) is 0 Å². The summed E-state index contributed by atoms with van der Waals surface area (Å²) in [6, 6.07) is 16.6. The summed E-state index contributed by atoms with van der Waals surface area (Å²) in [4.78, 5) is 11.5. The molecule has 0 aliphatic carbocycles. The Morgan fingerprint density at radius 2 is 1.64 bits per heavy atom. The Bertz CT molecular complexity index is 969. The molecule has 1 atom stereocenters. The van der Waals surface area contributed by atoms with E-state index >= 15 is 0 Å². The van der Waals surface area contributed by atoms with E-state index in [0.717, 1.165) is 17.1 Å². The Kier molecular flexibility index (Phi) is 5.61. The van der Waals surface area contributed by atoms with Gasteiger partial charge in [0, 0.05) is 11.3 Å². The third-order valence-corrected chi connectivity index (χ3v) is 5.68. The van der Waals surface area contributed by atoms with E-state index in [-0.39, 0.29) is 11.3 Å². The summed E-state index contributed by atoms with van der Waals surface area (Å²) in [7, 11) is 0. The summed E-state index contributed by atoms with van der Waals surface area (Å²) in [5.41, 5.74) is 9.89. The smallest absolute Gasteiger partial charge is 0.230 e. The van der Waals surface area contributed by atoms with Crippen molar-refractivity contribution < 1.29 is 4.79 Å². The highest BCUT2D eigenvalue weighted by atomic mass is 32.2. The van der Waals surface area contributed by atoms with Crippen LogP contribution in [0, 0.1) is 6.92 Å². The summed E-state index contributed by atoms with van der Waals surface area (Å²) in [6.45, 7) is 10.4. The van der Waals surface area contributed by atoms with E-state index in [2.05, 4.69) is 55.2 Å². The van der Waals surface area contributed by atoms with Crippen molar-refractivity contribution >= 4 is 17.7 Å². The average Bonchev–Trinajstić information content (AvgIpc) is 3.05. The second kappa shape index (κ2) is 7.80. The van der Waals surface area contributed by atoms with Crippen LogP contribution in [-0.2, 0) is 10.2 Å². The van der Waals surface area contributed by atoms with Crippen molar-refractivity contribution in [1.29, 1.82) is 0 Å². The molecule has 3 aromatic rings. The van der Waals surface area contributed by atoms with Gasteiger partial charge in [0.25, 0.3) is 0 Å². The summed E-state index contributed by atoms with van der Waals surface area (Å²) >= 11 is 1.32. The molecule has 0 saturated carbocycles. The molecule has 6 heteroatoms. The summed E-state index contributed by atoms with van der Waals surface area (Å²) in [5, 5.41) is 9.03. The van der Waals surface area contributed by atoms with Gasteiger partial charge >= 0.3 is 0 Å². The van der Waals surface area contributed by atoms with E-state index in [1.54, 1.807) is 6.92 Å². The van der Waals surface area contributed by atoms with Crippen LogP contribution in [0.15, 0.2) is 53.7 Å². The van der Waals surface area contributed by atoms with E-state index in [0.29, 0.717) is 5.16 Å². The Morgan fingerprint density at radius 3 is 2.18 bits per heavy atom. The van der Waals surface area contributed by atoms with Crippen molar-refractivity contribution in [1.82, 2.24) is 14.8 Å². The van der Waals surface area contributed by atoms with Gasteiger partial charge in [0.05, 0.1) is 5.25 Å². The second-order valence-corrected chi connectivity index (χ2v) is 9.27. The lowest BCUT2D eigenvalue weighted by atomic mass is 9.87. The van der Waals surface area contributed by atoms with Crippen LogP contribution in [0.1, 0.15) is 38.8 Å². The maximum atomic E-state index is 11.5. The topological polar surface area (TPSA) is 73.8 Å². The normalized spacial score (nSPS) is 12.8. The van der Waals surface area contributed by atoms with Gasteiger partial charge in [0.1, 0.15) is 0 Å². The minimum atomic E-state index is -0.399. The van der Waals surface area contributed by atoms with Gasteiger partial charge in [-0.05, 0) is 37.0 Å². The first kappa shape index (κ1) is 20.1. The van der Waals surface area contributed by atoms with Crippen LogP contribution in [-0.4, -0.2) is 25.9 Å². The lowest BCUT2D eigenvalue weighted by Crippen LogP contribution is -2.23. The predicted octanol–water partition coefficient (Wildman–Crippen LogP) is 4.51. The van der Waals surface area contributed by atoms with Gasteiger partial charge in [-0.15, -0.1) is 10.2 Å². The number of primary amides is 1. The molecule has 0 fully saturated rings. The molecule has 0 aliphatic rings. The minimum Gasteiger partial charge on any atom is -0.369 e. The molecule has 0 radical (unpaired) electrons. The average molecular weight is 395 g/mol. The zero-order chi connectivity index (χ0) is 20.5. The van der Waals surface area contributed by atoms with Crippen LogP contribution < -0.4 is 5.73 Å². The third kappa shape index (κ3) is 4.28. The highest BCUT2D eigenvalue weighted by Crippen LogP contribution is 2.31. The van der Waals surface area contributed by atoms with Gasteiger partial charge < -0.3 is 5.73 Å². The van der Waals surface area contributed by atoms with Crippen molar-refractivity contribution in [3.05, 3.63) is 59.7 Å². The third-order valence-electron chi connectivity index (χ3n) is 4.62. The van der Waals surface area contributed by atoms with Crippen LogP contribution >= 0.6 is 11.8 Å². The number of aromatic nitrogens is 3. The van der Waals surface area contributed by atoms with Crippen LogP contribution in [0.4, 0.5) is 0 Å². The monoisotopic (exact) mass is 394 g/mol. The molecule has 146 valence electrons. The van der Waals surface area contributed by atoms with E-state index < -0.39 is 5.25 Å². The number of carbonyl (C=O) groups excluding carboxylic acids is 1. The first-order chi connectivity index (χ1) is 13.2. The van der Waals surface area contributed by atoms with E-state index in [1.165, 1.54) is 22.9 Å². The van der Waals surface area contributed by atoms with Gasteiger partial charge in [0.15, 0.2) is 11.0 Å². The number of thioether (sulfide) groups is 1. The van der Waals surface area contributed by atoms with Gasteiger partial charge in [-0.25, -0.2) is 0 Å². The highest BCUT2D eigenvalue weighted by Gasteiger charge is 2.21. The maximum Gasteiger partial charge on any atom is 0.230 e. The van der Waals surface area contributed by atoms with E-state index in [9.17, 15) is 4.79 Å². The second-order valence-electron chi connectivity index (χ2n) is 7.97. The molecule has 0 bridgehead atoms. The predicted molar refractivity (Wildman–Crippen MR) is 115 cm³/mol. The van der Waals surface area contributed by atoms with E-state index in [1.807, 2.05) is 35.8 Å². The first-order valence-corrected chi connectivity index (χ1v) is 10.1. The number of nitrogens with two attached hydrogens (primary N) is 1. The van der Waals surface area contributed by atoms with Crippen molar-refractivity contribution in [2.75, 3.05) is 0 Å². The number of hydrogen-bond acceptors (Lipinski definition) is 4. The molecule has 1 aromatic heterocycles. The molecule has 1 unspecified atom stereocenters. The Hall–Kier alpha value is -2.60. The van der Waals surface area contributed by atoms with Crippen LogP contribution in [0.2, 0.25) is 0 Å². The Labute approximate surface area is 170 Å². The van der Waals surface area contributed by atoms with Gasteiger partial charge in [-0.2, -0.15) is 0 Å². The number of nitrogens with zero attached hydrogens (tertiary/aromatic N) is 3. The number of hydrogen-bond donors (Lipinski definition) is 1. The van der Waals surface area contributed by atoms with Crippen LogP contribution in [0.3, 0.4) is 0 Å². The zero-order valence-electron chi connectivity index (χ0n) is 16.9. The zero-order valence-corrected chi connectivity index (χ0v) is 17.7. The largest absolute Gasteiger partial charge is 0.369 e. The summed E-state index contributed by atoms with van der Waals surface area (Å²) < 4.78 is 1.98. The minimum absolute atomic E-state index is 0.0844. The Morgan fingerprint density at radius 1 is 1.04 bits per heavy atom. The lowest BCUT2D eigenvalue weighted by molar-refractivity contribution is -0.117. The van der Waals surface area contributed by atoms with Crippen LogP contribution in [0.25, 0.3) is 17.1 Å². The quantitative estimate of drug-likeness (QED) is 0.646. The molecule has 5 nitrogen and oxygen atoms in total. The van der Waals surface area contributed by atoms with E-state index in [4.69, 9.17) is 5.73 Å². The van der Waals surface area contributed by atoms with Crippen molar-refractivity contribution in [2.24, 2.45) is 5.73 Å². The van der Waals surface area contributed by atoms with Gasteiger partial charge in [-0.3, -0.25) is 9.36 Å². The number of aryl methyl sites for hydroxylation is 1. The molecule has 2 aromatic carbocycles. The molecular weight excluding hydrogens is 368 g/mol. The molecule has 1 heterocycles. The highest BCUT2D eigenvalue weighted by molar-refractivity contribution is 8.00. The molecule has 2 N–H and O–H groups in total. The number of benzene rings is 2. The van der Waals surface area contributed by atoms with Crippen molar-refractivity contribution in [3.63, 3.8) is 0 Å². The standard InChI is InChI=1S/C22H26N4OS/c1-14-6-12-18(13-7-14)26-20(24-25-21(26)28-15(2)19(23)27)16-8-10-17(11-9-16)22(3,4)5/h6-13,15H,1-5H3,(H2,23,27). The fourth-order valence-corrected chi connectivity index (χ4v) is 3.61. The number of amides is 1. The molecule has 28 heavy (non-hydrogen) atoms. The van der Waals surface area contributed by atoms with Crippen molar-refractivity contribution in [2.45, 2.75) is 50.4 Å². The molecule has 0 saturated heterocycles. The fraction of sp³-hybridized carbons (Fsp3) is 0.318. The van der Waals surface area contributed by atoms with Gasteiger partial charge in [0.2, 0.25) is 5.91 Å². The fourth-order valence-electron chi connectivity index (χ4n) is 2.80. The SMILES string of the molecule is Cc1ccc(-n2c(SC(C)C(N)=O)nnc2-c2ccc(C(C)(C)C)cc2)cc1. The number of rotatable bonds is 5. The first-order valence-electron chi connectivity index (χ1n) is 9.26. The molecule has 3 rings (SSSR count). The van der Waals surface area contributed by atoms with Gasteiger partial charge in [-0.1, -0.05) is 74.5 Å². The molecule has 1 amide bonds. The molecule has 0 spiro atoms.